The van der Waals surface area contributed by atoms with Crippen molar-refractivity contribution in [1.82, 2.24) is 4.31 Å². The smallest absolute Gasteiger partial charge is 0.340 e. The third kappa shape index (κ3) is 3.04. The molecular formula is C13H21NO5S. The molecule has 0 unspecified atom stereocenters. The van der Waals surface area contributed by atoms with Gasteiger partial charge in [0.2, 0.25) is 10.0 Å². The van der Waals surface area contributed by atoms with Crippen molar-refractivity contribution in [3.8, 4) is 0 Å². The van der Waals surface area contributed by atoms with Crippen LogP contribution >= 0.6 is 0 Å². The molecule has 0 aliphatic heterocycles. The van der Waals surface area contributed by atoms with Crippen molar-refractivity contribution in [1.29, 1.82) is 0 Å². The van der Waals surface area contributed by atoms with E-state index < -0.39 is 16.0 Å². The number of hydrogen-bond acceptors (Lipinski definition) is 4. The Kier molecular flexibility index (Phi) is 5.35. The number of aryl methyl sites for hydroxylation is 2. The van der Waals surface area contributed by atoms with Gasteiger partial charge in [-0.3, -0.25) is 0 Å². The van der Waals surface area contributed by atoms with E-state index in [9.17, 15) is 18.3 Å². The summed E-state index contributed by atoms with van der Waals surface area (Å²) in [6, 6.07) is 0. The summed E-state index contributed by atoms with van der Waals surface area (Å²) in [6.07, 6.45) is 1.33. The molecule has 1 rings (SSSR count). The topological polar surface area (TPSA) is 87.8 Å². The summed E-state index contributed by atoms with van der Waals surface area (Å²) in [4.78, 5) is 11.1. The van der Waals surface area contributed by atoms with Crippen LogP contribution in [0.1, 0.15) is 48.6 Å². The fraction of sp³-hybridized carbons (Fsp3) is 0.615. The summed E-state index contributed by atoms with van der Waals surface area (Å²) in [5.41, 5.74) is -0.264. The summed E-state index contributed by atoms with van der Waals surface area (Å²) >= 11 is 0. The van der Waals surface area contributed by atoms with Gasteiger partial charge in [-0.1, -0.05) is 13.8 Å². The maximum atomic E-state index is 12.7. The molecule has 0 aliphatic carbocycles. The summed E-state index contributed by atoms with van der Waals surface area (Å²) in [6.45, 7) is 7.41. The molecule has 0 atom stereocenters. The van der Waals surface area contributed by atoms with E-state index in [1.165, 1.54) is 18.2 Å². The standard InChI is InChI=1S/C13H21NO5S/c1-5-7-14(8-6-2)20(17,18)12-10(4)19-9(3)11(12)13(15)16/h5-8H2,1-4H3,(H,15,16). The molecule has 114 valence electrons. The number of carbonyl (C=O) groups is 1. The molecule has 20 heavy (non-hydrogen) atoms. The number of carboxylic acid groups (broad SMARTS) is 1. The average molecular weight is 303 g/mol. The molecule has 0 radical (unpaired) electrons. The lowest BCUT2D eigenvalue weighted by Gasteiger charge is -2.20. The van der Waals surface area contributed by atoms with Crippen molar-refractivity contribution in [3.63, 3.8) is 0 Å². The second kappa shape index (κ2) is 6.41. The molecule has 0 saturated carbocycles. The van der Waals surface area contributed by atoms with Crippen LogP contribution < -0.4 is 0 Å². The van der Waals surface area contributed by atoms with E-state index in [4.69, 9.17) is 4.42 Å². The molecule has 0 spiro atoms. The lowest BCUT2D eigenvalue weighted by atomic mass is 10.2. The van der Waals surface area contributed by atoms with E-state index in [0.717, 1.165) is 0 Å². The first kappa shape index (κ1) is 16.7. The Hall–Kier alpha value is -1.34. The summed E-state index contributed by atoms with van der Waals surface area (Å²) in [5, 5.41) is 9.22. The van der Waals surface area contributed by atoms with Gasteiger partial charge in [0.15, 0.2) is 0 Å². The molecule has 7 heteroatoms. The summed E-state index contributed by atoms with van der Waals surface area (Å²) in [5.74, 6) is -1.05. The number of carboxylic acids is 1. The van der Waals surface area contributed by atoms with Gasteiger partial charge in [0.1, 0.15) is 22.0 Å². The highest BCUT2D eigenvalue weighted by Crippen LogP contribution is 2.29. The van der Waals surface area contributed by atoms with Crippen molar-refractivity contribution in [2.75, 3.05) is 13.1 Å². The summed E-state index contributed by atoms with van der Waals surface area (Å²) < 4.78 is 31.9. The van der Waals surface area contributed by atoms with Gasteiger partial charge in [0, 0.05) is 13.1 Å². The van der Waals surface area contributed by atoms with Crippen LogP contribution in [0.25, 0.3) is 0 Å². The number of furan rings is 1. The maximum absolute atomic E-state index is 12.7. The molecule has 0 fully saturated rings. The average Bonchev–Trinajstić information content (AvgIpc) is 2.64. The van der Waals surface area contributed by atoms with Gasteiger partial charge in [0.25, 0.3) is 0 Å². The molecule has 1 aromatic heterocycles. The number of sulfonamides is 1. The SMILES string of the molecule is CCCN(CCC)S(=O)(=O)c1c(C)oc(C)c1C(=O)O. The van der Waals surface area contributed by atoms with Crippen LogP contribution in [0.15, 0.2) is 9.31 Å². The zero-order chi connectivity index (χ0) is 15.5. The Morgan fingerprint density at radius 2 is 1.65 bits per heavy atom. The predicted molar refractivity (Wildman–Crippen MR) is 74.5 cm³/mol. The number of nitrogens with zero attached hydrogens (tertiary/aromatic N) is 1. The van der Waals surface area contributed by atoms with Crippen molar-refractivity contribution in [2.24, 2.45) is 0 Å². The highest BCUT2D eigenvalue weighted by Gasteiger charge is 2.34. The number of hydrogen-bond donors (Lipinski definition) is 1. The molecule has 1 N–H and O–H groups in total. The molecule has 1 heterocycles. The maximum Gasteiger partial charge on any atom is 0.340 e. The van der Waals surface area contributed by atoms with Crippen LogP contribution in [0.5, 0.6) is 0 Å². The van der Waals surface area contributed by atoms with Gasteiger partial charge in [-0.25, -0.2) is 13.2 Å². The minimum atomic E-state index is -3.85. The quantitative estimate of drug-likeness (QED) is 0.835. The Morgan fingerprint density at radius 3 is 2.05 bits per heavy atom. The minimum absolute atomic E-state index is 0.113. The summed E-state index contributed by atoms with van der Waals surface area (Å²) in [7, 11) is -3.85. The predicted octanol–water partition coefficient (Wildman–Crippen LogP) is 2.41. The lowest BCUT2D eigenvalue weighted by Crippen LogP contribution is -2.33. The van der Waals surface area contributed by atoms with Crippen LogP contribution in [0.3, 0.4) is 0 Å². The van der Waals surface area contributed by atoms with E-state index in [2.05, 4.69) is 0 Å². The van der Waals surface area contributed by atoms with E-state index in [1.54, 1.807) is 0 Å². The minimum Gasteiger partial charge on any atom is -0.478 e. The number of aromatic carboxylic acids is 1. The van der Waals surface area contributed by atoms with Crippen LogP contribution in [-0.2, 0) is 10.0 Å². The van der Waals surface area contributed by atoms with E-state index in [1.807, 2.05) is 13.8 Å². The van der Waals surface area contributed by atoms with E-state index in [-0.39, 0.29) is 22.0 Å². The molecule has 0 saturated heterocycles. The zero-order valence-electron chi connectivity index (χ0n) is 12.3. The van der Waals surface area contributed by atoms with Crippen LogP contribution in [0.4, 0.5) is 0 Å². The van der Waals surface area contributed by atoms with Crippen LogP contribution in [0, 0.1) is 13.8 Å². The molecule has 0 bridgehead atoms. The lowest BCUT2D eigenvalue weighted by molar-refractivity contribution is 0.0691. The van der Waals surface area contributed by atoms with Gasteiger partial charge >= 0.3 is 5.97 Å². The Bertz CT molecular complexity index is 582. The van der Waals surface area contributed by atoms with Gasteiger partial charge in [-0.15, -0.1) is 0 Å². The van der Waals surface area contributed by atoms with Crippen molar-refractivity contribution >= 4 is 16.0 Å². The molecule has 6 nitrogen and oxygen atoms in total. The second-order valence-corrected chi connectivity index (χ2v) is 6.50. The molecule has 1 aromatic rings. The van der Waals surface area contributed by atoms with Crippen LogP contribution in [-0.4, -0.2) is 36.9 Å². The van der Waals surface area contributed by atoms with E-state index >= 15 is 0 Å². The first-order chi connectivity index (χ1) is 9.27. The molecule has 0 amide bonds. The molecular weight excluding hydrogens is 282 g/mol. The fourth-order valence-electron chi connectivity index (χ4n) is 2.20. The monoisotopic (exact) mass is 303 g/mol. The van der Waals surface area contributed by atoms with Gasteiger partial charge in [-0.05, 0) is 26.7 Å². The normalized spacial score (nSPS) is 12.1. The van der Waals surface area contributed by atoms with Crippen molar-refractivity contribution in [2.45, 2.75) is 45.4 Å². The zero-order valence-corrected chi connectivity index (χ0v) is 13.1. The van der Waals surface area contributed by atoms with E-state index in [0.29, 0.717) is 25.9 Å². The third-order valence-electron chi connectivity index (χ3n) is 2.96. The second-order valence-electron chi connectivity index (χ2n) is 4.63. The fourth-order valence-corrected chi connectivity index (χ4v) is 4.20. The first-order valence-corrected chi connectivity index (χ1v) is 8.04. The third-order valence-corrected chi connectivity index (χ3v) is 5.02. The highest BCUT2D eigenvalue weighted by molar-refractivity contribution is 7.89. The molecule has 0 aliphatic rings. The van der Waals surface area contributed by atoms with Crippen molar-refractivity contribution < 1.29 is 22.7 Å². The number of rotatable bonds is 7. The van der Waals surface area contributed by atoms with Gasteiger partial charge in [0.05, 0.1) is 0 Å². The highest BCUT2D eigenvalue weighted by atomic mass is 32.2. The van der Waals surface area contributed by atoms with Crippen molar-refractivity contribution in [3.05, 3.63) is 17.1 Å². The Balaban J connectivity index is 3.44. The van der Waals surface area contributed by atoms with Gasteiger partial charge in [-0.2, -0.15) is 4.31 Å². The Morgan fingerprint density at radius 1 is 1.15 bits per heavy atom. The molecule has 0 aromatic carbocycles. The Labute approximate surface area is 119 Å². The largest absolute Gasteiger partial charge is 0.478 e. The first-order valence-electron chi connectivity index (χ1n) is 6.60. The van der Waals surface area contributed by atoms with Gasteiger partial charge < -0.3 is 9.52 Å². The van der Waals surface area contributed by atoms with Crippen LogP contribution in [0.2, 0.25) is 0 Å².